The molecule has 1 aromatic carbocycles. The van der Waals surface area contributed by atoms with Gasteiger partial charge in [0, 0.05) is 25.1 Å². The van der Waals surface area contributed by atoms with Gasteiger partial charge in [-0.2, -0.15) is 0 Å². The molecule has 0 spiro atoms. The summed E-state index contributed by atoms with van der Waals surface area (Å²) in [5.41, 5.74) is 0.498. The van der Waals surface area contributed by atoms with Crippen LogP contribution in [-0.4, -0.2) is 55.7 Å². The molecule has 0 aliphatic carbocycles. The van der Waals surface area contributed by atoms with Crippen LogP contribution >= 0.6 is 11.6 Å². The fourth-order valence-corrected chi connectivity index (χ4v) is 3.06. The van der Waals surface area contributed by atoms with Gasteiger partial charge in [-0.15, -0.1) is 0 Å². The van der Waals surface area contributed by atoms with Crippen LogP contribution in [0.5, 0.6) is 11.5 Å². The number of aliphatic carboxylic acids is 1. The molecule has 0 radical (unpaired) electrons. The maximum atomic E-state index is 12.2. The first-order chi connectivity index (χ1) is 11.9. The van der Waals surface area contributed by atoms with Gasteiger partial charge in [0.15, 0.2) is 0 Å². The van der Waals surface area contributed by atoms with E-state index >= 15 is 0 Å². The van der Waals surface area contributed by atoms with Crippen LogP contribution in [0.3, 0.4) is 0 Å². The van der Waals surface area contributed by atoms with Crippen molar-refractivity contribution in [2.24, 2.45) is 5.92 Å². The molecule has 1 aliphatic heterocycles. The Bertz CT molecular complexity index is 630. The zero-order valence-electron chi connectivity index (χ0n) is 14.4. The molecule has 2 rings (SSSR count). The molecule has 1 amide bonds. The molecule has 1 heterocycles. The molecule has 0 saturated carbocycles. The number of carboxylic acid groups (broad SMARTS) is 1. The number of halogens is 1. The van der Waals surface area contributed by atoms with E-state index in [9.17, 15) is 9.59 Å². The number of hydrogen-bond acceptors (Lipinski definition) is 5. The topological polar surface area (TPSA) is 88.1 Å². The Kier molecular flexibility index (Phi) is 6.90. The normalized spacial score (nSPS) is 15.6. The van der Waals surface area contributed by atoms with E-state index in [-0.39, 0.29) is 11.8 Å². The largest absolute Gasteiger partial charge is 0.495 e. The molecule has 0 aromatic heterocycles. The average Bonchev–Trinajstić information content (AvgIpc) is 2.61. The van der Waals surface area contributed by atoms with Crippen molar-refractivity contribution >= 4 is 29.2 Å². The Morgan fingerprint density at radius 1 is 1.24 bits per heavy atom. The molecule has 0 unspecified atom stereocenters. The first-order valence-corrected chi connectivity index (χ1v) is 8.49. The highest BCUT2D eigenvalue weighted by Crippen LogP contribution is 2.35. The number of carboxylic acids is 1. The lowest BCUT2D eigenvalue weighted by molar-refractivity contribution is -0.143. The number of carbonyl (C=O) groups is 2. The van der Waals surface area contributed by atoms with Gasteiger partial charge < -0.3 is 24.8 Å². The second-order valence-electron chi connectivity index (χ2n) is 5.94. The van der Waals surface area contributed by atoms with Crippen LogP contribution in [-0.2, 0) is 9.59 Å². The summed E-state index contributed by atoms with van der Waals surface area (Å²) >= 11 is 6.05. The van der Waals surface area contributed by atoms with Gasteiger partial charge in [0.1, 0.15) is 11.5 Å². The van der Waals surface area contributed by atoms with Gasteiger partial charge in [0.25, 0.3) is 0 Å². The van der Waals surface area contributed by atoms with Crippen LogP contribution in [0.2, 0.25) is 5.02 Å². The van der Waals surface area contributed by atoms with E-state index in [2.05, 4.69) is 10.2 Å². The lowest BCUT2D eigenvalue weighted by Crippen LogP contribution is -2.37. The summed E-state index contributed by atoms with van der Waals surface area (Å²) in [6.45, 7) is 1.98. The number of benzene rings is 1. The molecule has 7 nitrogen and oxygen atoms in total. The number of piperidine rings is 1. The number of ether oxygens (including phenoxy) is 2. The highest BCUT2D eigenvalue weighted by Gasteiger charge is 2.24. The van der Waals surface area contributed by atoms with Gasteiger partial charge in [0.05, 0.1) is 30.8 Å². The minimum Gasteiger partial charge on any atom is -0.495 e. The molecule has 138 valence electrons. The average molecular weight is 371 g/mol. The van der Waals surface area contributed by atoms with Crippen molar-refractivity contribution in [3.05, 3.63) is 17.2 Å². The standard InChI is InChI=1S/C17H23ClN2O5/c1-24-14-10-13(15(25-2)9-12(14)18)19-16(21)5-8-20-6-3-11(4-7-20)17(22)23/h9-11H,3-8H2,1-2H3,(H,19,21)(H,22,23). The first-order valence-electron chi connectivity index (χ1n) is 8.11. The van der Waals surface area contributed by atoms with E-state index in [1.54, 1.807) is 12.1 Å². The van der Waals surface area contributed by atoms with E-state index in [1.165, 1.54) is 14.2 Å². The quantitative estimate of drug-likeness (QED) is 0.766. The molecule has 0 bridgehead atoms. The van der Waals surface area contributed by atoms with Crippen molar-refractivity contribution in [2.45, 2.75) is 19.3 Å². The Labute approximate surface area is 151 Å². The van der Waals surface area contributed by atoms with Crippen molar-refractivity contribution in [3.8, 4) is 11.5 Å². The van der Waals surface area contributed by atoms with Crippen molar-refractivity contribution in [3.63, 3.8) is 0 Å². The third-order valence-electron chi connectivity index (χ3n) is 4.34. The van der Waals surface area contributed by atoms with Gasteiger partial charge in [-0.25, -0.2) is 0 Å². The number of nitrogens with zero attached hydrogens (tertiary/aromatic N) is 1. The molecule has 2 N–H and O–H groups in total. The van der Waals surface area contributed by atoms with Gasteiger partial charge >= 0.3 is 5.97 Å². The van der Waals surface area contributed by atoms with Gasteiger partial charge in [-0.05, 0) is 25.9 Å². The Morgan fingerprint density at radius 3 is 2.44 bits per heavy atom. The molecule has 1 saturated heterocycles. The van der Waals surface area contributed by atoms with E-state index in [1.807, 2.05) is 0 Å². The third-order valence-corrected chi connectivity index (χ3v) is 4.64. The predicted molar refractivity (Wildman–Crippen MR) is 94.6 cm³/mol. The number of amides is 1. The van der Waals surface area contributed by atoms with Crippen molar-refractivity contribution in [2.75, 3.05) is 39.2 Å². The van der Waals surface area contributed by atoms with Gasteiger partial charge in [-0.1, -0.05) is 11.6 Å². The summed E-state index contributed by atoms with van der Waals surface area (Å²) < 4.78 is 10.4. The minimum atomic E-state index is -0.735. The second kappa shape index (κ2) is 8.92. The maximum Gasteiger partial charge on any atom is 0.306 e. The molecular formula is C17H23ClN2O5. The predicted octanol–water partition coefficient (Wildman–Crippen LogP) is 2.48. The maximum absolute atomic E-state index is 12.2. The summed E-state index contributed by atoms with van der Waals surface area (Å²) in [7, 11) is 3.00. The molecular weight excluding hydrogens is 348 g/mol. The molecule has 8 heteroatoms. The van der Waals surface area contributed by atoms with Crippen molar-refractivity contribution < 1.29 is 24.2 Å². The highest BCUT2D eigenvalue weighted by molar-refractivity contribution is 6.32. The lowest BCUT2D eigenvalue weighted by atomic mass is 9.97. The number of methoxy groups -OCH3 is 2. The first kappa shape index (κ1) is 19.3. The molecule has 25 heavy (non-hydrogen) atoms. The second-order valence-corrected chi connectivity index (χ2v) is 6.35. The van der Waals surface area contributed by atoms with E-state index < -0.39 is 5.97 Å². The summed E-state index contributed by atoms with van der Waals surface area (Å²) in [5, 5.41) is 12.2. The van der Waals surface area contributed by atoms with Crippen LogP contribution in [0.15, 0.2) is 12.1 Å². The van der Waals surface area contributed by atoms with Crippen LogP contribution in [0.4, 0.5) is 5.69 Å². The van der Waals surface area contributed by atoms with E-state index in [0.29, 0.717) is 61.1 Å². The monoisotopic (exact) mass is 370 g/mol. The zero-order chi connectivity index (χ0) is 18.4. The lowest BCUT2D eigenvalue weighted by Gasteiger charge is -2.29. The number of nitrogens with one attached hydrogen (secondary N) is 1. The number of carbonyl (C=O) groups excluding carboxylic acids is 1. The van der Waals surface area contributed by atoms with Gasteiger partial charge in [-0.3, -0.25) is 9.59 Å². The van der Waals surface area contributed by atoms with Crippen LogP contribution in [0.25, 0.3) is 0 Å². The van der Waals surface area contributed by atoms with Gasteiger partial charge in [0.2, 0.25) is 5.91 Å². The summed E-state index contributed by atoms with van der Waals surface area (Å²) in [6, 6.07) is 3.21. The van der Waals surface area contributed by atoms with E-state index in [4.69, 9.17) is 26.2 Å². The Balaban J connectivity index is 1.87. The molecule has 1 fully saturated rings. The molecule has 0 atom stereocenters. The Morgan fingerprint density at radius 2 is 1.88 bits per heavy atom. The fourth-order valence-electron chi connectivity index (χ4n) is 2.83. The number of hydrogen-bond donors (Lipinski definition) is 2. The Hall–Kier alpha value is -1.99. The number of rotatable bonds is 7. The smallest absolute Gasteiger partial charge is 0.306 e. The third kappa shape index (κ3) is 5.24. The van der Waals surface area contributed by atoms with Crippen LogP contribution < -0.4 is 14.8 Å². The number of anilines is 1. The molecule has 1 aromatic rings. The minimum absolute atomic E-state index is 0.150. The zero-order valence-corrected chi connectivity index (χ0v) is 15.1. The van der Waals surface area contributed by atoms with Crippen molar-refractivity contribution in [1.82, 2.24) is 4.90 Å². The molecule has 1 aliphatic rings. The van der Waals surface area contributed by atoms with Crippen molar-refractivity contribution in [1.29, 1.82) is 0 Å². The van der Waals surface area contributed by atoms with Crippen LogP contribution in [0, 0.1) is 5.92 Å². The SMILES string of the molecule is COc1cc(NC(=O)CCN2CCC(C(=O)O)CC2)c(OC)cc1Cl. The summed E-state index contributed by atoms with van der Waals surface area (Å²) in [5.74, 6) is -0.241. The summed E-state index contributed by atoms with van der Waals surface area (Å²) in [6.07, 6.45) is 1.56. The highest BCUT2D eigenvalue weighted by atomic mass is 35.5. The summed E-state index contributed by atoms with van der Waals surface area (Å²) in [4.78, 5) is 25.3. The van der Waals surface area contributed by atoms with Crippen LogP contribution in [0.1, 0.15) is 19.3 Å². The fraction of sp³-hybridized carbons (Fsp3) is 0.529. The number of likely N-dealkylation sites (tertiary alicyclic amines) is 1. The van der Waals surface area contributed by atoms with E-state index in [0.717, 1.165) is 0 Å².